The van der Waals surface area contributed by atoms with Crippen LogP contribution in [0.1, 0.15) is 30.4 Å². The van der Waals surface area contributed by atoms with Crippen molar-refractivity contribution >= 4 is 11.8 Å². The van der Waals surface area contributed by atoms with Gasteiger partial charge in [0.2, 0.25) is 0 Å². The van der Waals surface area contributed by atoms with E-state index in [1.165, 1.54) is 30.6 Å². The molecule has 0 amide bonds. The monoisotopic (exact) mass is 253 g/mol. The highest BCUT2D eigenvalue weighted by atomic mass is 32.2. The summed E-state index contributed by atoms with van der Waals surface area (Å²) < 4.78 is 0. The van der Waals surface area contributed by atoms with E-state index in [2.05, 4.69) is 11.6 Å². The fraction of sp³-hybridized carbons (Fsp3) is 0.571. The van der Waals surface area contributed by atoms with Crippen LogP contribution in [0.25, 0.3) is 0 Å². The van der Waals surface area contributed by atoms with Crippen LogP contribution in [0.3, 0.4) is 0 Å². The summed E-state index contributed by atoms with van der Waals surface area (Å²) in [5.74, 6) is 1.66. The molecule has 0 unspecified atom stereocenters. The quantitative estimate of drug-likeness (QED) is 0.697. The van der Waals surface area contributed by atoms with Crippen LogP contribution in [0.2, 0.25) is 0 Å². The molecule has 3 heteroatoms. The van der Waals surface area contributed by atoms with Crippen LogP contribution < -0.4 is 5.32 Å². The van der Waals surface area contributed by atoms with Crippen LogP contribution in [0.5, 0.6) is 5.75 Å². The first-order valence-electron chi connectivity index (χ1n) is 6.22. The molecule has 1 rings (SSSR count). The molecule has 2 nitrogen and oxygen atoms in total. The number of unbranched alkanes of at least 4 members (excludes halogenated alkanes) is 2. The second-order valence-corrected chi connectivity index (χ2v) is 5.35. The summed E-state index contributed by atoms with van der Waals surface area (Å²) in [5.41, 5.74) is 2.19. The fourth-order valence-electron chi connectivity index (χ4n) is 1.75. The molecule has 17 heavy (non-hydrogen) atoms. The number of phenolic OH excluding ortho intramolecular Hbond substituents is 1. The lowest BCUT2D eigenvalue weighted by atomic mass is 10.1. The maximum absolute atomic E-state index is 9.66. The van der Waals surface area contributed by atoms with Crippen molar-refractivity contribution in [2.45, 2.75) is 32.7 Å². The molecule has 0 atom stereocenters. The molecular weight excluding hydrogens is 230 g/mol. The normalized spacial score (nSPS) is 10.7. The zero-order valence-corrected chi connectivity index (χ0v) is 11.6. The number of aromatic hydroxyl groups is 1. The molecule has 0 fully saturated rings. The Morgan fingerprint density at radius 2 is 2.06 bits per heavy atom. The Hall–Kier alpha value is -0.670. The van der Waals surface area contributed by atoms with Gasteiger partial charge in [-0.3, -0.25) is 0 Å². The van der Waals surface area contributed by atoms with Crippen LogP contribution in [0.4, 0.5) is 0 Å². The van der Waals surface area contributed by atoms with E-state index >= 15 is 0 Å². The Morgan fingerprint density at radius 3 is 2.82 bits per heavy atom. The molecule has 2 N–H and O–H groups in total. The predicted octanol–water partition coefficient (Wildman–Crippen LogP) is 3.32. The first-order valence-corrected chi connectivity index (χ1v) is 7.61. The van der Waals surface area contributed by atoms with Crippen LogP contribution in [0.15, 0.2) is 18.2 Å². The molecule has 1 aromatic carbocycles. The van der Waals surface area contributed by atoms with E-state index in [1.54, 1.807) is 6.07 Å². The van der Waals surface area contributed by atoms with Gasteiger partial charge < -0.3 is 10.4 Å². The van der Waals surface area contributed by atoms with Crippen molar-refractivity contribution in [2.24, 2.45) is 0 Å². The van der Waals surface area contributed by atoms with Crippen molar-refractivity contribution in [3.05, 3.63) is 29.3 Å². The van der Waals surface area contributed by atoms with E-state index in [9.17, 15) is 5.11 Å². The second-order valence-electron chi connectivity index (χ2n) is 4.36. The van der Waals surface area contributed by atoms with Crippen LogP contribution >= 0.6 is 11.8 Å². The summed E-state index contributed by atoms with van der Waals surface area (Å²) in [6.07, 6.45) is 5.96. The smallest absolute Gasteiger partial charge is 0.120 e. The van der Waals surface area contributed by atoms with Crippen molar-refractivity contribution in [2.75, 3.05) is 18.6 Å². The predicted molar refractivity (Wildman–Crippen MR) is 76.8 cm³/mol. The second kappa shape index (κ2) is 8.43. The van der Waals surface area contributed by atoms with Gasteiger partial charge in [-0.2, -0.15) is 11.8 Å². The van der Waals surface area contributed by atoms with Crippen molar-refractivity contribution in [1.82, 2.24) is 5.32 Å². The van der Waals surface area contributed by atoms with E-state index < -0.39 is 0 Å². The number of hydrogen-bond donors (Lipinski definition) is 2. The zero-order valence-electron chi connectivity index (χ0n) is 10.8. The fourth-order valence-corrected chi connectivity index (χ4v) is 2.24. The molecular formula is C14H23NOS. The van der Waals surface area contributed by atoms with E-state index in [0.717, 1.165) is 18.7 Å². The summed E-state index contributed by atoms with van der Waals surface area (Å²) in [6, 6.07) is 5.74. The Labute approximate surface area is 109 Å². The van der Waals surface area contributed by atoms with E-state index in [-0.39, 0.29) is 0 Å². The number of phenols is 1. The number of thioether (sulfide) groups is 1. The minimum atomic E-state index is 0.394. The van der Waals surface area contributed by atoms with Gasteiger partial charge in [0.1, 0.15) is 5.75 Å². The van der Waals surface area contributed by atoms with Crippen LogP contribution in [-0.4, -0.2) is 23.7 Å². The van der Waals surface area contributed by atoms with Crippen molar-refractivity contribution in [3.63, 3.8) is 0 Å². The Balaban J connectivity index is 2.15. The number of aryl methyl sites for hydroxylation is 1. The highest BCUT2D eigenvalue weighted by molar-refractivity contribution is 7.98. The maximum atomic E-state index is 9.66. The first kappa shape index (κ1) is 14.4. The molecule has 0 bridgehead atoms. The van der Waals surface area contributed by atoms with Crippen molar-refractivity contribution in [1.29, 1.82) is 0 Å². The lowest BCUT2D eigenvalue weighted by Gasteiger charge is -2.07. The van der Waals surface area contributed by atoms with Gasteiger partial charge in [-0.05, 0) is 44.4 Å². The molecule has 96 valence electrons. The van der Waals surface area contributed by atoms with Gasteiger partial charge in [0.15, 0.2) is 0 Å². The summed E-state index contributed by atoms with van der Waals surface area (Å²) in [4.78, 5) is 0. The summed E-state index contributed by atoms with van der Waals surface area (Å²) in [7, 11) is 0. The molecule has 0 aliphatic carbocycles. The van der Waals surface area contributed by atoms with Gasteiger partial charge in [0, 0.05) is 12.1 Å². The maximum Gasteiger partial charge on any atom is 0.120 e. The molecule has 0 aromatic heterocycles. The summed E-state index contributed by atoms with van der Waals surface area (Å²) in [5, 5.41) is 13.0. The van der Waals surface area contributed by atoms with Gasteiger partial charge in [-0.1, -0.05) is 24.1 Å². The van der Waals surface area contributed by atoms with Gasteiger partial charge in [0.25, 0.3) is 0 Å². The number of nitrogens with one attached hydrogen (secondary N) is 1. The minimum absolute atomic E-state index is 0.394. The van der Waals surface area contributed by atoms with Crippen molar-refractivity contribution < 1.29 is 5.11 Å². The third-order valence-corrected chi connectivity index (χ3v) is 3.45. The SMILES string of the molecule is CSCCCCCNCc1cc(C)ccc1O. The Kier molecular flexibility index (Phi) is 7.13. The molecule has 0 heterocycles. The summed E-state index contributed by atoms with van der Waals surface area (Å²) in [6.45, 7) is 3.84. The first-order chi connectivity index (χ1) is 8.24. The minimum Gasteiger partial charge on any atom is -0.508 e. The summed E-state index contributed by atoms with van der Waals surface area (Å²) >= 11 is 1.91. The van der Waals surface area contributed by atoms with Gasteiger partial charge in [-0.25, -0.2) is 0 Å². The highest BCUT2D eigenvalue weighted by Gasteiger charge is 2.00. The molecule has 0 saturated carbocycles. The molecule has 0 spiro atoms. The third-order valence-electron chi connectivity index (χ3n) is 2.75. The highest BCUT2D eigenvalue weighted by Crippen LogP contribution is 2.17. The molecule has 1 aromatic rings. The molecule has 0 saturated heterocycles. The molecule has 0 aliphatic heterocycles. The average molecular weight is 253 g/mol. The third kappa shape index (κ3) is 5.99. The lowest BCUT2D eigenvalue weighted by molar-refractivity contribution is 0.463. The largest absolute Gasteiger partial charge is 0.508 e. The molecule has 0 aliphatic rings. The van der Waals surface area contributed by atoms with Crippen LogP contribution in [0, 0.1) is 6.92 Å². The van der Waals surface area contributed by atoms with E-state index in [4.69, 9.17) is 0 Å². The Morgan fingerprint density at radius 1 is 1.24 bits per heavy atom. The number of rotatable bonds is 8. The zero-order chi connectivity index (χ0) is 12.5. The molecule has 0 radical (unpaired) electrons. The topological polar surface area (TPSA) is 32.3 Å². The van der Waals surface area contributed by atoms with E-state index in [1.807, 2.05) is 30.8 Å². The average Bonchev–Trinajstić information content (AvgIpc) is 2.32. The van der Waals surface area contributed by atoms with E-state index in [0.29, 0.717) is 5.75 Å². The number of benzene rings is 1. The van der Waals surface area contributed by atoms with Gasteiger partial charge in [0.05, 0.1) is 0 Å². The lowest BCUT2D eigenvalue weighted by Crippen LogP contribution is -2.14. The Bertz CT molecular complexity index is 328. The standard InChI is InChI=1S/C14H23NOS/c1-12-6-7-14(16)13(10-12)11-15-8-4-3-5-9-17-2/h6-7,10,15-16H,3-5,8-9,11H2,1-2H3. The van der Waals surface area contributed by atoms with Gasteiger partial charge in [-0.15, -0.1) is 0 Å². The van der Waals surface area contributed by atoms with Gasteiger partial charge >= 0.3 is 0 Å². The van der Waals surface area contributed by atoms with Crippen molar-refractivity contribution in [3.8, 4) is 5.75 Å². The number of hydrogen-bond acceptors (Lipinski definition) is 3. The van der Waals surface area contributed by atoms with Crippen LogP contribution in [-0.2, 0) is 6.54 Å².